The third kappa shape index (κ3) is 40.6. The van der Waals surface area contributed by atoms with Crippen molar-refractivity contribution < 1.29 is 76.3 Å². The molecule has 0 radical (unpaired) electrons. The molecule has 24 nitrogen and oxygen atoms in total. The molecule has 1 aliphatic rings. The van der Waals surface area contributed by atoms with Gasteiger partial charge in [0, 0.05) is 92.9 Å². The van der Waals surface area contributed by atoms with Crippen LogP contribution in [0.5, 0.6) is 23.0 Å². The summed E-state index contributed by atoms with van der Waals surface area (Å²) in [6.45, 7) is 25.8. The Morgan fingerprint density at radius 3 is 0.548 bits per heavy atom. The molecule has 0 aromatic heterocycles. The Bertz CT molecular complexity index is 3260. The third-order valence-electron chi connectivity index (χ3n) is 22.5. The zero-order valence-corrected chi connectivity index (χ0v) is 78.9. The van der Waals surface area contributed by atoms with Gasteiger partial charge in [-0.3, -0.25) is 0 Å². The summed E-state index contributed by atoms with van der Waals surface area (Å²) in [5, 5.41) is 24.3. The standard InChI is InChI=1S/C100H160N8O16/c1-17-21-25-29-33-37-41-45-49-121-89-73-57-75-63-82(102-98(114)106-86(54-70(7)8)94(110)118-14)65-77(90(75)122-50-46-42-38-34-30-26-22-18-2)59-79-67-84(104-100(116)108-88(56-72(11)12)96(112)120-16)68-80(92(79)124-52-48-44-40-36-32-28-24-20-4)60-78-66-83(103-99(115)107-87(55-71(9)10)95(111)119-15)64-76(91(78)123-51-47-43-39-35-31-27-23-19-3)58-74(89)62-81(61-73)101-97(113)105-85(53-69(5)6)93(109)117-13/h61-72,85-88H,17-60H2,1-16H3,(H2,101,105,113)(H2,102,106,114)(H2,103,107,115)(H2,104,108,116). The second-order valence-electron chi connectivity index (χ2n) is 35.7. The van der Waals surface area contributed by atoms with Crippen LogP contribution in [-0.4, -0.2) is 127 Å². The number of amides is 8. The maximum absolute atomic E-state index is 14.9. The van der Waals surface area contributed by atoms with Crippen molar-refractivity contribution in [2.75, 3.05) is 76.1 Å². The number of methoxy groups -OCH3 is 4. The fraction of sp³-hybridized carbons (Fsp3) is 0.680. The van der Waals surface area contributed by atoms with Gasteiger partial charge in [0.15, 0.2) is 0 Å². The lowest BCUT2D eigenvalue weighted by atomic mass is 9.90. The normalized spacial score (nSPS) is 12.8. The fourth-order valence-corrected chi connectivity index (χ4v) is 16.2. The monoisotopic (exact) mass is 1730 g/mol. The van der Waals surface area contributed by atoms with Gasteiger partial charge in [-0.25, -0.2) is 38.4 Å². The first-order valence-electron chi connectivity index (χ1n) is 47.5. The molecule has 8 amide bonds. The van der Waals surface area contributed by atoms with E-state index < -0.39 is 72.2 Å². The quantitative estimate of drug-likeness (QED) is 0.0102. The maximum Gasteiger partial charge on any atom is 0.328 e. The molecule has 8 N–H and O–H groups in total. The van der Waals surface area contributed by atoms with Crippen LogP contribution in [0.25, 0.3) is 0 Å². The first-order valence-corrected chi connectivity index (χ1v) is 47.5. The Kier molecular flexibility index (Phi) is 51.6. The van der Waals surface area contributed by atoms with Crippen molar-refractivity contribution in [2.45, 2.75) is 364 Å². The van der Waals surface area contributed by atoms with E-state index in [0.717, 1.165) is 128 Å². The summed E-state index contributed by atoms with van der Waals surface area (Å²) < 4.78 is 50.5. The molecule has 696 valence electrons. The van der Waals surface area contributed by atoms with E-state index in [2.05, 4.69) is 70.2 Å². The molecule has 0 aliphatic heterocycles. The van der Waals surface area contributed by atoms with E-state index in [1.54, 1.807) is 0 Å². The van der Waals surface area contributed by atoms with Crippen LogP contribution in [-0.2, 0) is 63.8 Å². The molecule has 124 heavy (non-hydrogen) atoms. The Balaban J connectivity index is 2.08. The van der Waals surface area contributed by atoms with Gasteiger partial charge in [-0.15, -0.1) is 0 Å². The van der Waals surface area contributed by atoms with Crippen molar-refractivity contribution in [3.05, 3.63) is 93.0 Å². The minimum absolute atomic E-state index is 0.000473. The van der Waals surface area contributed by atoms with Crippen LogP contribution in [0.4, 0.5) is 41.9 Å². The van der Waals surface area contributed by atoms with E-state index in [9.17, 15) is 38.4 Å². The van der Waals surface area contributed by atoms with Gasteiger partial charge in [-0.05, 0) is 124 Å². The summed E-state index contributed by atoms with van der Waals surface area (Å²) in [5.41, 5.74) is 6.31. The number of nitrogens with one attached hydrogen (secondary N) is 8. The van der Waals surface area contributed by atoms with Gasteiger partial charge in [0.2, 0.25) is 0 Å². The smallest absolute Gasteiger partial charge is 0.328 e. The first-order chi connectivity index (χ1) is 59.8. The Labute approximate surface area is 744 Å². The topological polar surface area (TPSA) is 307 Å². The molecule has 0 spiro atoms. The molecule has 0 saturated carbocycles. The predicted octanol–water partition coefficient (Wildman–Crippen LogP) is 23.3. The highest BCUT2D eigenvalue weighted by Crippen LogP contribution is 2.44. The van der Waals surface area contributed by atoms with Gasteiger partial charge in [0.05, 0.1) is 54.9 Å². The summed E-state index contributed by atoms with van der Waals surface area (Å²) >= 11 is 0. The van der Waals surface area contributed by atoms with Gasteiger partial charge < -0.3 is 80.4 Å². The third-order valence-corrected chi connectivity index (χ3v) is 22.5. The van der Waals surface area contributed by atoms with Crippen LogP contribution in [0.1, 0.15) is 359 Å². The Morgan fingerprint density at radius 1 is 0.250 bits per heavy atom. The van der Waals surface area contributed by atoms with Gasteiger partial charge in [0.25, 0.3) is 0 Å². The molecule has 0 fully saturated rings. The molecule has 0 saturated heterocycles. The van der Waals surface area contributed by atoms with Crippen molar-refractivity contribution in [1.29, 1.82) is 0 Å². The van der Waals surface area contributed by atoms with Gasteiger partial charge in [-0.2, -0.15) is 0 Å². The van der Waals surface area contributed by atoms with E-state index in [4.69, 9.17) is 37.9 Å². The van der Waals surface area contributed by atoms with Crippen LogP contribution < -0.4 is 61.5 Å². The number of esters is 4. The van der Waals surface area contributed by atoms with E-state index >= 15 is 0 Å². The molecule has 4 aromatic rings. The number of unbranched alkanes of at least 4 members (excludes halogenated alkanes) is 28. The van der Waals surface area contributed by atoms with Crippen LogP contribution in [0.2, 0.25) is 0 Å². The lowest BCUT2D eigenvalue weighted by molar-refractivity contribution is -0.144. The highest BCUT2D eigenvalue weighted by molar-refractivity contribution is 5.96. The molecular weight excluding hydrogens is 1570 g/mol. The number of carbonyl (C=O) groups excluding carboxylic acids is 8. The van der Waals surface area contributed by atoms with Crippen molar-refractivity contribution in [1.82, 2.24) is 21.3 Å². The van der Waals surface area contributed by atoms with Gasteiger partial charge in [-0.1, -0.05) is 263 Å². The number of urea groups is 4. The minimum Gasteiger partial charge on any atom is -0.493 e. The predicted molar refractivity (Wildman–Crippen MR) is 499 cm³/mol. The average molecular weight is 1730 g/mol. The SMILES string of the molecule is CCCCCCCCCCOc1c2cc(NC(=O)NC(CC(C)C)C(=O)OC)cc1Cc1cc(NC(=O)NC(CC(C)C)C(=O)OC)cc(c1OCCCCCCCCCC)Cc1cc(NC(=O)NC(CC(C)C)C(=O)OC)cc(c1OCCCCCCCCCC)Cc1cc(NC(=O)NC(CC(C)C)C(=O)OC)cc(c1OCCCCCCCCCC)C2. The van der Waals surface area contributed by atoms with Crippen LogP contribution in [0.15, 0.2) is 48.5 Å². The highest BCUT2D eigenvalue weighted by Gasteiger charge is 2.31. The average Bonchev–Trinajstić information content (AvgIpc) is 0.769. The van der Waals surface area contributed by atoms with Crippen molar-refractivity contribution >= 4 is 70.8 Å². The lowest BCUT2D eigenvalue weighted by Gasteiger charge is -2.26. The largest absolute Gasteiger partial charge is 0.493 e. The maximum atomic E-state index is 14.9. The number of rotatable bonds is 60. The number of fused-ring (bicyclic) bond motifs is 8. The molecule has 5 rings (SSSR count). The summed E-state index contributed by atoms with van der Waals surface area (Å²) in [7, 11) is 5.18. The van der Waals surface area contributed by atoms with E-state index in [-0.39, 0.29) is 49.4 Å². The van der Waals surface area contributed by atoms with E-state index in [0.29, 0.717) is 168 Å². The second-order valence-corrected chi connectivity index (χ2v) is 35.7. The van der Waals surface area contributed by atoms with Crippen molar-refractivity contribution in [3.63, 3.8) is 0 Å². The summed E-state index contributed by atoms with van der Waals surface area (Å²) in [6, 6.07) is 8.40. The molecule has 0 heterocycles. The van der Waals surface area contributed by atoms with Crippen molar-refractivity contribution in [3.8, 4) is 23.0 Å². The fourth-order valence-electron chi connectivity index (χ4n) is 16.2. The number of ether oxygens (including phenoxy) is 8. The van der Waals surface area contributed by atoms with Crippen LogP contribution in [0.3, 0.4) is 0 Å². The zero-order valence-electron chi connectivity index (χ0n) is 78.9. The molecule has 1 aliphatic carbocycles. The molecule has 4 aromatic carbocycles. The number of hydrogen-bond donors (Lipinski definition) is 8. The van der Waals surface area contributed by atoms with E-state index in [1.165, 1.54) is 79.8 Å². The zero-order chi connectivity index (χ0) is 90.6. The Morgan fingerprint density at radius 2 is 0.403 bits per heavy atom. The van der Waals surface area contributed by atoms with Crippen LogP contribution in [0, 0.1) is 23.7 Å². The Hall–Kier alpha value is -8.96. The molecule has 24 heteroatoms. The van der Waals surface area contributed by atoms with Crippen molar-refractivity contribution in [2.24, 2.45) is 23.7 Å². The summed E-state index contributed by atoms with van der Waals surface area (Å²) in [5.74, 6) is -0.368. The summed E-state index contributed by atoms with van der Waals surface area (Å²) in [4.78, 5) is 114. The number of carbonyl (C=O) groups is 8. The molecule has 8 bridgehead atoms. The second kappa shape index (κ2) is 60.6. The molecule has 4 atom stereocenters. The molecular formula is C100H160N8O16. The number of hydrogen-bond acceptors (Lipinski definition) is 16. The minimum atomic E-state index is -0.996. The first kappa shape index (κ1) is 106. The van der Waals surface area contributed by atoms with E-state index in [1.807, 2.05) is 104 Å². The number of anilines is 4. The van der Waals surface area contributed by atoms with Crippen LogP contribution >= 0.6 is 0 Å². The van der Waals surface area contributed by atoms with Gasteiger partial charge in [0.1, 0.15) is 47.2 Å². The highest BCUT2D eigenvalue weighted by atomic mass is 16.5. The summed E-state index contributed by atoms with van der Waals surface area (Å²) in [6.07, 6.45) is 34.9. The molecule has 4 unspecified atom stereocenters. The number of benzene rings is 4. The van der Waals surface area contributed by atoms with Gasteiger partial charge >= 0.3 is 48.0 Å². The lowest BCUT2D eigenvalue weighted by Crippen LogP contribution is -2.44.